The third-order valence-electron chi connectivity index (χ3n) is 2.85. The first-order valence-corrected chi connectivity index (χ1v) is 5.57. The quantitative estimate of drug-likeness (QED) is 0.496. The van der Waals surface area contributed by atoms with Crippen LogP contribution in [0.1, 0.15) is 12.0 Å². The molecule has 0 saturated heterocycles. The number of aromatic hydroxyl groups is 2. The second-order valence-electron chi connectivity index (χ2n) is 4.77. The standard InChI is InChI=1S/C13H21NO2.Y/c1-4-9-14(2,3)10-8-11-6-5-7-12(15)13(11)16;/h5-7,15-16H,1,4,8-10H2,2-3H3;. The zero-order chi connectivity index (χ0) is 12.2. The Morgan fingerprint density at radius 3 is 2.41 bits per heavy atom. The van der Waals surface area contributed by atoms with E-state index in [1.165, 1.54) is 6.07 Å². The average molecular weight is 312 g/mol. The van der Waals surface area contributed by atoms with Crippen molar-refractivity contribution in [3.63, 3.8) is 0 Å². The predicted octanol–water partition coefficient (Wildman–Crippen LogP) is 1.94. The minimum absolute atomic E-state index is 0. The number of para-hydroxylation sites is 1. The normalized spacial score (nSPS) is 11.0. The molecule has 1 aromatic carbocycles. The monoisotopic (exact) mass is 312 g/mol. The third kappa shape index (κ3) is 5.37. The van der Waals surface area contributed by atoms with Gasteiger partial charge in [0.05, 0.1) is 27.2 Å². The Bertz CT molecular complexity index is 353. The molecule has 2 N–H and O–H groups in total. The van der Waals surface area contributed by atoms with E-state index in [0.29, 0.717) is 0 Å². The molecular weight excluding hydrogens is 291 g/mol. The van der Waals surface area contributed by atoms with Crippen molar-refractivity contribution >= 4 is 0 Å². The Hall–Kier alpha value is -0.116. The van der Waals surface area contributed by atoms with Crippen molar-refractivity contribution in [1.29, 1.82) is 0 Å². The summed E-state index contributed by atoms with van der Waals surface area (Å²) in [6.07, 6.45) is 1.66. The molecule has 0 heterocycles. The van der Waals surface area contributed by atoms with E-state index in [1.54, 1.807) is 6.07 Å². The summed E-state index contributed by atoms with van der Waals surface area (Å²) in [4.78, 5) is 0. The van der Waals surface area contributed by atoms with Gasteiger partial charge in [-0.1, -0.05) is 12.1 Å². The van der Waals surface area contributed by atoms with E-state index in [4.69, 9.17) is 0 Å². The van der Waals surface area contributed by atoms with Gasteiger partial charge in [0.15, 0.2) is 11.5 Å². The van der Waals surface area contributed by atoms with Crippen LogP contribution >= 0.6 is 0 Å². The first-order chi connectivity index (χ1) is 7.46. The van der Waals surface area contributed by atoms with Gasteiger partial charge in [-0.2, -0.15) is 0 Å². The maximum absolute atomic E-state index is 9.65. The zero-order valence-electron chi connectivity index (χ0n) is 10.7. The van der Waals surface area contributed by atoms with E-state index in [2.05, 4.69) is 21.0 Å². The van der Waals surface area contributed by atoms with Crippen molar-refractivity contribution in [1.82, 2.24) is 0 Å². The van der Waals surface area contributed by atoms with Gasteiger partial charge >= 0.3 is 0 Å². The van der Waals surface area contributed by atoms with E-state index in [1.807, 2.05) is 6.07 Å². The van der Waals surface area contributed by atoms with Gasteiger partial charge in [0.25, 0.3) is 0 Å². The number of hydrogen-bond acceptors (Lipinski definition) is 2. The summed E-state index contributed by atoms with van der Waals surface area (Å²) >= 11 is 0. The van der Waals surface area contributed by atoms with Crippen LogP contribution in [0.25, 0.3) is 0 Å². The SMILES string of the molecule is [CH2-]CC[N+](C)(C)CCc1cccc(O)c1O.[Y]. The summed E-state index contributed by atoms with van der Waals surface area (Å²) in [5.41, 5.74) is 0.801. The zero-order valence-corrected chi connectivity index (χ0v) is 13.5. The molecule has 1 radical (unpaired) electrons. The first-order valence-electron chi connectivity index (χ1n) is 5.57. The van der Waals surface area contributed by atoms with E-state index >= 15 is 0 Å². The smallest absolute Gasteiger partial charge is 0.160 e. The first kappa shape index (κ1) is 16.9. The van der Waals surface area contributed by atoms with Crippen LogP contribution < -0.4 is 0 Å². The number of phenolic OH excluding ortho intramolecular Hbond substituents is 2. The summed E-state index contributed by atoms with van der Waals surface area (Å²) in [6, 6.07) is 5.10. The van der Waals surface area contributed by atoms with E-state index in [9.17, 15) is 10.2 Å². The molecule has 3 nitrogen and oxygen atoms in total. The fourth-order valence-electron chi connectivity index (χ4n) is 1.74. The van der Waals surface area contributed by atoms with Crippen LogP contribution in [0.2, 0.25) is 0 Å². The molecule has 1 aromatic rings. The van der Waals surface area contributed by atoms with Crippen molar-refractivity contribution in [3.05, 3.63) is 30.7 Å². The van der Waals surface area contributed by atoms with Crippen LogP contribution in [-0.4, -0.2) is 41.9 Å². The van der Waals surface area contributed by atoms with Crippen LogP contribution in [0.3, 0.4) is 0 Å². The molecule has 0 aliphatic rings. The number of rotatable bonds is 5. The van der Waals surface area contributed by atoms with E-state index < -0.39 is 0 Å². The molecule has 4 heteroatoms. The molecule has 0 unspecified atom stereocenters. The van der Waals surface area contributed by atoms with Gasteiger partial charge in [-0.05, 0) is 6.07 Å². The number of hydrogen-bond donors (Lipinski definition) is 2. The fraction of sp³-hybridized carbons (Fsp3) is 0.462. The Kier molecular flexibility index (Phi) is 7.30. The summed E-state index contributed by atoms with van der Waals surface area (Å²) in [5, 5.41) is 19.0. The summed E-state index contributed by atoms with van der Waals surface area (Å²) in [7, 11) is 4.29. The Morgan fingerprint density at radius 2 is 1.82 bits per heavy atom. The predicted molar refractivity (Wildman–Crippen MR) is 65.3 cm³/mol. The molecular formula is C13H21NO2Y. The van der Waals surface area contributed by atoms with Gasteiger partial charge in [-0.3, -0.25) is 0 Å². The molecule has 0 atom stereocenters. The number of benzene rings is 1. The maximum Gasteiger partial charge on any atom is 0.160 e. The van der Waals surface area contributed by atoms with Crippen molar-refractivity contribution in [2.24, 2.45) is 0 Å². The molecule has 0 spiro atoms. The molecule has 0 bridgehead atoms. The maximum atomic E-state index is 9.65. The van der Waals surface area contributed by atoms with Crippen LogP contribution in [0.4, 0.5) is 0 Å². The summed E-state index contributed by atoms with van der Waals surface area (Å²) in [5.74, 6) is -0.0305. The Labute approximate surface area is 129 Å². The fourth-order valence-corrected chi connectivity index (χ4v) is 1.74. The van der Waals surface area contributed by atoms with Crippen molar-refractivity contribution in [2.75, 3.05) is 27.2 Å². The van der Waals surface area contributed by atoms with Crippen LogP contribution in [-0.2, 0) is 39.1 Å². The Balaban J connectivity index is 0.00000256. The molecule has 1 rings (SSSR count). The molecule has 0 fully saturated rings. The van der Waals surface area contributed by atoms with Gasteiger partial charge in [-0.15, -0.1) is 6.42 Å². The number of nitrogens with zero attached hydrogens (tertiary/aromatic N) is 1. The molecule has 0 aliphatic carbocycles. The number of phenols is 2. The van der Waals surface area contributed by atoms with Crippen molar-refractivity contribution in [2.45, 2.75) is 12.8 Å². The second kappa shape index (κ2) is 7.35. The minimum Gasteiger partial charge on any atom is -0.504 e. The molecule has 0 aliphatic heterocycles. The van der Waals surface area contributed by atoms with E-state index in [0.717, 1.165) is 36.0 Å². The Morgan fingerprint density at radius 1 is 1.18 bits per heavy atom. The van der Waals surface area contributed by atoms with Crippen molar-refractivity contribution < 1.29 is 47.4 Å². The largest absolute Gasteiger partial charge is 0.504 e. The van der Waals surface area contributed by atoms with Crippen LogP contribution in [0.15, 0.2) is 18.2 Å². The minimum atomic E-state index is -0.0417. The molecule has 0 amide bonds. The van der Waals surface area contributed by atoms with Crippen LogP contribution in [0, 0.1) is 6.92 Å². The average Bonchev–Trinajstić information content (AvgIpc) is 2.20. The number of quaternary nitrogens is 1. The summed E-state index contributed by atoms with van der Waals surface area (Å²) < 4.78 is 0.874. The van der Waals surface area contributed by atoms with Gasteiger partial charge in [0.2, 0.25) is 0 Å². The van der Waals surface area contributed by atoms with Crippen LogP contribution in [0.5, 0.6) is 11.5 Å². The number of likely N-dealkylation sites (N-methyl/N-ethyl adjacent to an activating group) is 1. The molecule has 93 valence electrons. The van der Waals surface area contributed by atoms with Gasteiger partial charge in [0.1, 0.15) is 0 Å². The van der Waals surface area contributed by atoms with Crippen molar-refractivity contribution in [3.8, 4) is 11.5 Å². The molecule has 0 saturated carbocycles. The molecule has 0 aromatic heterocycles. The summed E-state index contributed by atoms with van der Waals surface area (Å²) in [6.45, 7) is 5.79. The van der Waals surface area contributed by atoms with Gasteiger partial charge in [0, 0.05) is 44.7 Å². The third-order valence-corrected chi connectivity index (χ3v) is 2.85. The van der Waals surface area contributed by atoms with E-state index in [-0.39, 0.29) is 44.2 Å². The van der Waals surface area contributed by atoms with Gasteiger partial charge in [-0.25, -0.2) is 0 Å². The topological polar surface area (TPSA) is 40.5 Å². The second-order valence-corrected chi connectivity index (χ2v) is 4.77. The molecule has 17 heavy (non-hydrogen) atoms. The van der Waals surface area contributed by atoms with Gasteiger partial charge < -0.3 is 21.6 Å².